The molecule has 0 aliphatic carbocycles. The quantitative estimate of drug-likeness (QED) is 0.444. The molecule has 0 aliphatic rings. The fraction of sp³-hybridized carbons (Fsp3) is 0. The second-order valence-electron chi connectivity index (χ2n) is 0.766. The van der Waals surface area contributed by atoms with E-state index < -0.39 is 0 Å². The van der Waals surface area contributed by atoms with Crippen LogP contribution in [0.2, 0.25) is 0 Å². The number of nitrogens with one attached hydrogen (secondary N) is 1. The first kappa shape index (κ1) is 2.63. The molecule has 1 N–H and O–H groups in total. The van der Waals surface area contributed by atoms with Gasteiger partial charge in [0.2, 0.25) is 0 Å². The van der Waals surface area contributed by atoms with Crippen molar-refractivity contribution in [3.05, 3.63) is 12.2 Å². The van der Waals surface area contributed by atoms with Crippen LogP contribution in [0.3, 0.4) is 0 Å². The van der Waals surface area contributed by atoms with Crippen molar-refractivity contribution in [2.24, 2.45) is 0 Å². The molecule has 0 fully saturated rings. The minimum atomic E-state index is 1.69. The summed E-state index contributed by atoms with van der Waals surface area (Å²) >= 11 is 0. The molecule has 0 radical (unpaired) electrons. The van der Waals surface area contributed by atoms with Crippen molar-refractivity contribution in [2.45, 2.75) is 0 Å². The topological polar surface area (TPSA) is 28.7 Å². The molecular formula is C2H3BN2. The molecule has 0 atom stereocenters. The SMILES string of the molecule is b1ccn[nH]1. The molecule has 0 saturated heterocycles. The Morgan fingerprint density at radius 2 is 2.80 bits per heavy atom. The van der Waals surface area contributed by atoms with Crippen molar-refractivity contribution < 1.29 is 0 Å². The zero-order chi connectivity index (χ0) is 3.54. The van der Waals surface area contributed by atoms with Crippen LogP contribution in [-0.4, -0.2) is 17.2 Å². The summed E-state index contributed by atoms with van der Waals surface area (Å²) in [5.41, 5.74) is 0. The Morgan fingerprint density at radius 1 is 1.80 bits per heavy atom. The first-order chi connectivity index (χ1) is 2.50. The Labute approximate surface area is 30.5 Å². The zero-order valence-electron chi connectivity index (χ0n) is 2.68. The number of hydrogen-bond donors (Lipinski definition) is 1. The maximum absolute atomic E-state index is 3.60. The summed E-state index contributed by atoms with van der Waals surface area (Å²) in [5.74, 6) is 1.83. The van der Waals surface area contributed by atoms with Crippen molar-refractivity contribution in [3.63, 3.8) is 0 Å². The summed E-state index contributed by atoms with van der Waals surface area (Å²) in [6.07, 6.45) is 1.69. The van der Waals surface area contributed by atoms with E-state index in [1.807, 2.05) is 5.96 Å². The number of hydrogen-bond acceptors (Lipinski definition) is 1. The van der Waals surface area contributed by atoms with Gasteiger partial charge >= 0.3 is 29.3 Å². The molecule has 0 aromatic carbocycles. The van der Waals surface area contributed by atoms with Gasteiger partial charge in [-0.15, -0.1) is 0 Å². The molecule has 0 unspecified atom stereocenters. The van der Waals surface area contributed by atoms with E-state index in [0.29, 0.717) is 0 Å². The molecule has 0 spiro atoms. The summed E-state index contributed by atoms with van der Waals surface area (Å²) in [6.45, 7) is 0. The van der Waals surface area contributed by atoms with E-state index in [9.17, 15) is 0 Å². The summed E-state index contributed by atoms with van der Waals surface area (Å²) in [4.78, 5) is 0. The van der Waals surface area contributed by atoms with Gasteiger partial charge in [0, 0.05) is 0 Å². The molecule has 0 aliphatic heterocycles. The van der Waals surface area contributed by atoms with Crippen molar-refractivity contribution >= 4 is 7.05 Å². The van der Waals surface area contributed by atoms with E-state index in [-0.39, 0.29) is 0 Å². The zero-order valence-corrected chi connectivity index (χ0v) is 2.68. The fourth-order valence-corrected chi connectivity index (χ4v) is 0.215. The summed E-state index contributed by atoms with van der Waals surface area (Å²) in [6, 6.07) is 0. The van der Waals surface area contributed by atoms with Crippen molar-refractivity contribution in [1.29, 1.82) is 0 Å². The van der Waals surface area contributed by atoms with Crippen LogP contribution in [0.4, 0.5) is 0 Å². The predicted molar refractivity (Wildman–Crippen MR) is 19.9 cm³/mol. The van der Waals surface area contributed by atoms with E-state index in [2.05, 4.69) is 10.1 Å². The van der Waals surface area contributed by atoms with Crippen molar-refractivity contribution in [1.82, 2.24) is 10.1 Å². The van der Waals surface area contributed by atoms with E-state index in [0.717, 1.165) is 0 Å². The first-order valence-corrected chi connectivity index (χ1v) is 1.44. The maximum atomic E-state index is 3.60. The van der Waals surface area contributed by atoms with Crippen LogP contribution < -0.4 is 0 Å². The molecule has 1 rings (SSSR count). The normalized spacial score (nSPS) is 7.20. The third kappa shape index (κ3) is 0.346. The Kier molecular flexibility index (Phi) is 0.534. The van der Waals surface area contributed by atoms with Crippen LogP contribution in [0, 0.1) is 0 Å². The number of aromatic nitrogens is 2. The third-order valence-corrected chi connectivity index (χ3v) is 0.406. The molecular weight excluding hydrogens is 62.8 g/mol. The Hall–Kier alpha value is -0.595. The van der Waals surface area contributed by atoms with Gasteiger partial charge in [-0.05, 0) is 0 Å². The predicted octanol–water partition coefficient (Wildman–Crippen LogP) is -0.252. The van der Waals surface area contributed by atoms with Gasteiger partial charge in [0.25, 0.3) is 0 Å². The standard InChI is InChI=1S/C2H3BN2/c1-2-4-5-3-1/h1-2,5H. The van der Waals surface area contributed by atoms with E-state index in [4.69, 9.17) is 0 Å². The van der Waals surface area contributed by atoms with Crippen LogP contribution in [0.25, 0.3) is 0 Å². The van der Waals surface area contributed by atoms with Crippen molar-refractivity contribution in [2.75, 3.05) is 0 Å². The molecule has 1 heterocycles. The van der Waals surface area contributed by atoms with Gasteiger partial charge in [0.05, 0.1) is 0 Å². The van der Waals surface area contributed by atoms with Gasteiger partial charge < -0.3 is 0 Å². The van der Waals surface area contributed by atoms with Crippen molar-refractivity contribution in [3.8, 4) is 0 Å². The number of H-pyrrole nitrogens is 1. The molecule has 1 aromatic rings. The third-order valence-electron chi connectivity index (χ3n) is 0.406. The number of nitrogens with zero attached hydrogens (tertiary/aromatic N) is 1. The first-order valence-electron chi connectivity index (χ1n) is 1.44. The Bertz CT molecular complexity index is 64.1. The molecule has 0 saturated carbocycles. The van der Waals surface area contributed by atoms with Gasteiger partial charge in [-0.25, -0.2) is 0 Å². The molecule has 1 aromatic heterocycles. The summed E-state index contributed by atoms with van der Waals surface area (Å²) in [5, 5.41) is 6.21. The van der Waals surface area contributed by atoms with E-state index in [1.54, 1.807) is 13.2 Å². The van der Waals surface area contributed by atoms with Crippen LogP contribution >= 0.6 is 0 Å². The van der Waals surface area contributed by atoms with Gasteiger partial charge in [0.15, 0.2) is 0 Å². The monoisotopic (exact) mass is 66.0 g/mol. The minimum absolute atomic E-state index is 1.69. The average molecular weight is 65.9 g/mol. The molecule has 24 valence electrons. The van der Waals surface area contributed by atoms with Gasteiger partial charge in [-0.3, -0.25) is 0 Å². The van der Waals surface area contributed by atoms with Crippen LogP contribution in [-0.2, 0) is 0 Å². The van der Waals surface area contributed by atoms with Crippen LogP contribution in [0.5, 0.6) is 0 Å². The molecule has 0 amide bonds. The second kappa shape index (κ2) is 1.01. The van der Waals surface area contributed by atoms with Gasteiger partial charge in [-0.1, -0.05) is 0 Å². The summed E-state index contributed by atoms with van der Waals surface area (Å²) < 4.78 is 0. The Balaban J connectivity index is 3.13. The van der Waals surface area contributed by atoms with Crippen LogP contribution in [0.1, 0.15) is 0 Å². The Morgan fingerprint density at radius 3 is 3.00 bits per heavy atom. The molecule has 5 heavy (non-hydrogen) atoms. The van der Waals surface area contributed by atoms with E-state index >= 15 is 0 Å². The fourth-order valence-electron chi connectivity index (χ4n) is 0.215. The number of aromatic amines is 1. The van der Waals surface area contributed by atoms with Gasteiger partial charge in [0.1, 0.15) is 0 Å². The summed E-state index contributed by atoms with van der Waals surface area (Å²) in [7, 11) is 1.76. The number of rotatable bonds is 0. The molecule has 3 heteroatoms. The molecule has 2 nitrogen and oxygen atoms in total. The average Bonchev–Trinajstić information content (AvgIpc) is 1.76. The molecule has 0 bridgehead atoms. The van der Waals surface area contributed by atoms with E-state index in [1.165, 1.54) is 0 Å². The van der Waals surface area contributed by atoms with Crippen LogP contribution in [0.15, 0.2) is 12.2 Å². The second-order valence-corrected chi connectivity index (χ2v) is 0.766. The van der Waals surface area contributed by atoms with Gasteiger partial charge in [-0.2, -0.15) is 0 Å².